The molecule has 1 N–H and O–H groups in total. The van der Waals surface area contributed by atoms with Crippen LogP contribution in [-0.2, 0) is 29.4 Å². The smallest absolute Gasteiger partial charge is 0.422 e. The highest BCUT2D eigenvalue weighted by molar-refractivity contribution is 7.89. The van der Waals surface area contributed by atoms with E-state index in [1.54, 1.807) is 12.1 Å². The fourth-order valence-electron chi connectivity index (χ4n) is 2.85. The number of ether oxygens (including phenoxy) is 1. The fraction of sp³-hybridized carbons (Fsp3) is 0.333. The van der Waals surface area contributed by atoms with Gasteiger partial charge >= 0.3 is 6.18 Å². The zero-order valence-corrected chi connectivity index (χ0v) is 14.7. The van der Waals surface area contributed by atoms with Crippen molar-refractivity contribution in [3.05, 3.63) is 59.2 Å². The van der Waals surface area contributed by atoms with E-state index in [0.717, 1.165) is 24.8 Å². The van der Waals surface area contributed by atoms with Crippen molar-refractivity contribution in [2.45, 2.75) is 36.9 Å². The molecule has 0 saturated carbocycles. The number of fused-ring (bicyclic) bond motifs is 1. The highest BCUT2D eigenvalue weighted by atomic mass is 32.2. The van der Waals surface area contributed by atoms with Crippen molar-refractivity contribution < 1.29 is 26.3 Å². The van der Waals surface area contributed by atoms with Crippen LogP contribution in [0.2, 0.25) is 0 Å². The van der Waals surface area contributed by atoms with Crippen LogP contribution < -0.4 is 9.46 Å². The second-order valence-corrected chi connectivity index (χ2v) is 7.92. The molecular formula is C18H18F3NO3S. The maximum absolute atomic E-state index is 12.4. The Morgan fingerprint density at radius 1 is 1.00 bits per heavy atom. The Morgan fingerprint density at radius 3 is 2.38 bits per heavy atom. The van der Waals surface area contributed by atoms with Crippen molar-refractivity contribution in [3.63, 3.8) is 0 Å². The van der Waals surface area contributed by atoms with E-state index >= 15 is 0 Å². The van der Waals surface area contributed by atoms with Crippen molar-refractivity contribution >= 4 is 10.0 Å². The second kappa shape index (κ2) is 7.28. The van der Waals surface area contributed by atoms with Gasteiger partial charge < -0.3 is 4.74 Å². The first-order valence-corrected chi connectivity index (χ1v) is 9.61. The number of rotatable bonds is 6. The summed E-state index contributed by atoms with van der Waals surface area (Å²) in [5.41, 5.74) is 2.88. The standard InChI is InChI=1S/C18H18F3NO3S/c19-18(20,21)12-25-16-7-4-13(5-8-16)11-22-26(23,24)17-9-6-14-2-1-3-15(14)10-17/h4-10,22H,1-3,11-12H2. The van der Waals surface area contributed by atoms with Gasteiger partial charge in [-0.2, -0.15) is 13.2 Å². The second-order valence-electron chi connectivity index (χ2n) is 6.16. The van der Waals surface area contributed by atoms with E-state index < -0.39 is 22.8 Å². The molecule has 0 bridgehead atoms. The summed E-state index contributed by atoms with van der Waals surface area (Å²) < 4.78 is 68.3. The molecule has 3 rings (SSSR count). The summed E-state index contributed by atoms with van der Waals surface area (Å²) in [7, 11) is -3.65. The lowest BCUT2D eigenvalue weighted by atomic mass is 10.1. The molecule has 0 atom stereocenters. The van der Waals surface area contributed by atoms with Crippen LogP contribution in [0, 0.1) is 0 Å². The molecule has 8 heteroatoms. The number of halogens is 3. The molecule has 0 saturated heterocycles. The monoisotopic (exact) mass is 385 g/mol. The minimum absolute atomic E-state index is 0.0406. The first-order valence-electron chi connectivity index (χ1n) is 8.13. The maximum Gasteiger partial charge on any atom is 0.422 e. The number of hydrogen-bond donors (Lipinski definition) is 1. The molecule has 2 aromatic rings. The molecule has 2 aromatic carbocycles. The number of nitrogens with one attached hydrogen (secondary N) is 1. The zero-order chi connectivity index (χ0) is 18.8. The van der Waals surface area contributed by atoms with Crippen molar-refractivity contribution in [2.24, 2.45) is 0 Å². The SMILES string of the molecule is O=S(=O)(NCc1ccc(OCC(F)(F)F)cc1)c1ccc2c(c1)CCC2. The first kappa shape index (κ1) is 18.7. The number of alkyl halides is 3. The quantitative estimate of drug-likeness (QED) is 0.827. The summed E-state index contributed by atoms with van der Waals surface area (Å²) >= 11 is 0. The van der Waals surface area contributed by atoms with Crippen LogP contribution in [0.15, 0.2) is 47.4 Å². The fourth-order valence-corrected chi connectivity index (χ4v) is 3.91. The molecule has 0 fully saturated rings. The molecule has 0 aromatic heterocycles. The van der Waals surface area contributed by atoms with Crippen LogP contribution >= 0.6 is 0 Å². The average Bonchev–Trinajstić information content (AvgIpc) is 3.06. The van der Waals surface area contributed by atoms with Crippen LogP contribution in [0.4, 0.5) is 13.2 Å². The molecule has 26 heavy (non-hydrogen) atoms. The molecule has 1 aliphatic rings. The molecule has 0 spiro atoms. The van der Waals surface area contributed by atoms with E-state index in [1.807, 2.05) is 6.07 Å². The van der Waals surface area contributed by atoms with Gasteiger partial charge in [0.2, 0.25) is 10.0 Å². The van der Waals surface area contributed by atoms with E-state index in [0.29, 0.717) is 5.56 Å². The Labute approximate surface area is 150 Å². The highest BCUT2D eigenvalue weighted by Gasteiger charge is 2.28. The molecule has 0 heterocycles. The Balaban J connectivity index is 1.61. The van der Waals surface area contributed by atoms with Crippen LogP contribution in [-0.4, -0.2) is 21.2 Å². The zero-order valence-electron chi connectivity index (χ0n) is 13.8. The van der Waals surface area contributed by atoms with E-state index in [-0.39, 0.29) is 17.2 Å². The molecular weight excluding hydrogens is 367 g/mol. The van der Waals surface area contributed by atoms with E-state index in [4.69, 9.17) is 0 Å². The predicted octanol–water partition coefficient (Wildman–Crippen LogP) is 3.59. The third kappa shape index (κ3) is 4.76. The lowest BCUT2D eigenvalue weighted by Gasteiger charge is -2.11. The molecule has 0 radical (unpaired) electrons. The van der Waals surface area contributed by atoms with Gasteiger partial charge in [-0.05, 0) is 60.2 Å². The molecule has 4 nitrogen and oxygen atoms in total. The normalized spacial score (nSPS) is 14.3. The number of sulfonamides is 1. The summed E-state index contributed by atoms with van der Waals surface area (Å²) in [5.74, 6) is 0.0764. The summed E-state index contributed by atoms with van der Waals surface area (Å²) in [4.78, 5) is 0.225. The minimum atomic E-state index is -4.40. The van der Waals surface area contributed by atoms with E-state index in [1.165, 1.54) is 29.8 Å². The number of hydrogen-bond acceptors (Lipinski definition) is 3. The lowest BCUT2D eigenvalue weighted by Crippen LogP contribution is -2.23. The molecule has 0 unspecified atom stereocenters. The summed E-state index contributed by atoms with van der Waals surface area (Å²) in [6, 6.07) is 11.0. The molecule has 0 aliphatic heterocycles. The van der Waals surface area contributed by atoms with Gasteiger partial charge in [0.15, 0.2) is 6.61 Å². The van der Waals surface area contributed by atoms with Gasteiger partial charge in [-0.1, -0.05) is 18.2 Å². The summed E-state index contributed by atoms with van der Waals surface area (Å²) in [6.07, 6.45) is -1.50. The van der Waals surface area contributed by atoms with Crippen molar-refractivity contribution in [1.82, 2.24) is 4.72 Å². The van der Waals surface area contributed by atoms with Crippen LogP contribution in [0.25, 0.3) is 0 Å². The molecule has 0 amide bonds. The van der Waals surface area contributed by atoms with Gasteiger partial charge in [0.1, 0.15) is 5.75 Å². The molecule has 1 aliphatic carbocycles. The summed E-state index contributed by atoms with van der Waals surface area (Å²) in [5, 5.41) is 0. The van der Waals surface area contributed by atoms with Crippen molar-refractivity contribution in [1.29, 1.82) is 0 Å². The van der Waals surface area contributed by atoms with Gasteiger partial charge in [0, 0.05) is 6.54 Å². The lowest BCUT2D eigenvalue weighted by molar-refractivity contribution is -0.153. The van der Waals surface area contributed by atoms with Gasteiger partial charge in [-0.25, -0.2) is 13.1 Å². The van der Waals surface area contributed by atoms with E-state index in [9.17, 15) is 21.6 Å². The van der Waals surface area contributed by atoms with E-state index in [2.05, 4.69) is 9.46 Å². The minimum Gasteiger partial charge on any atom is -0.484 e. The Bertz CT molecular complexity index is 878. The van der Waals surface area contributed by atoms with Crippen molar-refractivity contribution in [2.75, 3.05) is 6.61 Å². The predicted molar refractivity (Wildman–Crippen MR) is 90.5 cm³/mol. The number of aryl methyl sites for hydroxylation is 2. The first-order chi connectivity index (χ1) is 12.2. The summed E-state index contributed by atoms with van der Waals surface area (Å²) in [6.45, 7) is -1.32. The average molecular weight is 385 g/mol. The maximum atomic E-state index is 12.4. The number of benzene rings is 2. The van der Waals surface area contributed by atoms with Crippen LogP contribution in [0.3, 0.4) is 0 Å². The Morgan fingerprint density at radius 2 is 1.69 bits per heavy atom. The van der Waals surface area contributed by atoms with Gasteiger partial charge in [0.25, 0.3) is 0 Å². The van der Waals surface area contributed by atoms with Crippen LogP contribution in [0.1, 0.15) is 23.1 Å². The largest absolute Gasteiger partial charge is 0.484 e. The highest BCUT2D eigenvalue weighted by Crippen LogP contribution is 2.25. The van der Waals surface area contributed by atoms with Gasteiger partial charge in [-0.3, -0.25) is 0 Å². The topological polar surface area (TPSA) is 55.4 Å². The Hall–Kier alpha value is -2.06. The van der Waals surface area contributed by atoms with Gasteiger partial charge in [0.05, 0.1) is 4.90 Å². The third-order valence-electron chi connectivity index (χ3n) is 4.17. The van der Waals surface area contributed by atoms with Crippen molar-refractivity contribution in [3.8, 4) is 5.75 Å². The van der Waals surface area contributed by atoms with Gasteiger partial charge in [-0.15, -0.1) is 0 Å². The molecule has 140 valence electrons. The third-order valence-corrected chi connectivity index (χ3v) is 5.57. The van der Waals surface area contributed by atoms with Crippen LogP contribution in [0.5, 0.6) is 5.75 Å². The Kier molecular flexibility index (Phi) is 5.24.